The van der Waals surface area contributed by atoms with Crippen molar-refractivity contribution < 1.29 is 0 Å². The molecule has 1 aromatic heterocycles. The van der Waals surface area contributed by atoms with Gasteiger partial charge in [-0.2, -0.15) is 0 Å². The predicted molar refractivity (Wildman–Crippen MR) is 81.9 cm³/mol. The van der Waals surface area contributed by atoms with Crippen molar-refractivity contribution in [3.63, 3.8) is 0 Å². The highest BCUT2D eigenvalue weighted by atomic mass is 32.1. The van der Waals surface area contributed by atoms with E-state index in [1.165, 1.54) is 4.88 Å². The molecule has 0 aliphatic carbocycles. The van der Waals surface area contributed by atoms with E-state index < -0.39 is 0 Å². The van der Waals surface area contributed by atoms with Crippen molar-refractivity contribution in [2.45, 2.75) is 66.2 Å². The summed E-state index contributed by atoms with van der Waals surface area (Å²) < 4.78 is 0. The molecule has 3 heteroatoms. The smallest absolute Gasteiger partial charge is 0.0334 e. The lowest BCUT2D eigenvalue weighted by Crippen LogP contribution is -2.55. The molecule has 0 amide bonds. The summed E-state index contributed by atoms with van der Waals surface area (Å²) in [4.78, 5) is 3.95. The van der Waals surface area contributed by atoms with Gasteiger partial charge in [0.15, 0.2) is 0 Å². The van der Waals surface area contributed by atoms with Crippen molar-refractivity contribution in [2.24, 2.45) is 11.1 Å². The molecule has 1 heterocycles. The second-order valence-corrected chi connectivity index (χ2v) is 7.55. The maximum absolute atomic E-state index is 6.25. The van der Waals surface area contributed by atoms with E-state index in [1.54, 1.807) is 0 Å². The highest BCUT2D eigenvalue weighted by molar-refractivity contribution is 7.09. The van der Waals surface area contributed by atoms with Crippen molar-refractivity contribution in [3.8, 4) is 0 Å². The summed E-state index contributed by atoms with van der Waals surface area (Å²) in [7, 11) is 0. The summed E-state index contributed by atoms with van der Waals surface area (Å²) in [6, 6.07) is 5.39. The van der Waals surface area contributed by atoms with E-state index in [0.717, 1.165) is 6.54 Å². The van der Waals surface area contributed by atoms with Gasteiger partial charge in [0.05, 0.1) is 0 Å². The van der Waals surface area contributed by atoms with Crippen LogP contribution in [-0.2, 0) is 6.54 Å². The van der Waals surface area contributed by atoms with Crippen LogP contribution in [0.1, 0.15) is 46.4 Å². The normalized spacial score (nSPS) is 16.3. The summed E-state index contributed by atoms with van der Waals surface area (Å²) >= 11 is 1.83. The lowest BCUT2D eigenvalue weighted by molar-refractivity contribution is 0.0494. The first-order valence-electron chi connectivity index (χ1n) is 6.77. The topological polar surface area (TPSA) is 29.3 Å². The van der Waals surface area contributed by atoms with Crippen LogP contribution < -0.4 is 5.73 Å². The Morgan fingerprint density at radius 3 is 2.22 bits per heavy atom. The minimum absolute atomic E-state index is 0.173. The fourth-order valence-corrected chi connectivity index (χ4v) is 3.49. The third-order valence-corrected chi connectivity index (χ3v) is 4.19. The van der Waals surface area contributed by atoms with Crippen LogP contribution in [0.2, 0.25) is 0 Å². The number of nitrogens with zero attached hydrogens (tertiary/aromatic N) is 1. The third-order valence-electron chi connectivity index (χ3n) is 3.32. The molecule has 0 bridgehead atoms. The third kappa shape index (κ3) is 4.08. The van der Waals surface area contributed by atoms with Gasteiger partial charge in [-0.3, -0.25) is 4.90 Å². The zero-order chi connectivity index (χ0) is 13.9. The van der Waals surface area contributed by atoms with Crippen LogP contribution in [0.3, 0.4) is 0 Å². The molecule has 0 spiro atoms. The molecule has 0 aromatic carbocycles. The minimum Gasteiger partial charge on any atom is -0.327 e. The Balaban J connectivity index is 2.94. The van der Waals surface area contributed by atoms with Gasteiger partial charge in [-0.15, -0.1) is 11.3 Å². The van der Waals surface area contributed by atoms with Crippen LogP contribution in [0.4, 0.5) is 0 Å². The predicted octanol–water partition coefficient (Wildman–Crippen LogP) is 3.72. The minimum atomic E-state index is 0.173. The lowest BCUT2D eigenvalue weighted by Gasteiger charge is -2.44. The van der Waals surface area contributed by atoms with E-state index in [1.807, 2.05) is 11.3 Å². The van der Waals surface area contributed by atoms with E-state index in [4.69, 9.17) is 5.73 Å². The molecule has 2 N–H and O–H groups in total. The van der Waals surface area contributed by atoms with Crippen LogP contribution in [0.25, 0.3) is 0 Å². The van der Waals surface area contributed by atoms with Gasteiger partial charge in [0, 0.05) is 29.5 Å². The van der Waals surface area contributed by atoms with Gasteiger partial charge in [-0.1, -0.05) is 26.8 Å². The molecule has 0 saturated carbocycles. The number of thiophene rings is 1. The summed E-state index contributed by atoms with van der Waals surface area (Å²) in [5.41, 5.74) is 6.44. The van der Waals surface area contributed by atoms with E-state index >= 15 is 0 Å². The Morgan fingerprint density at radius 1 is 1.28 bits per heavy atom. The zero-order valence-electron chi connectivity index (χ0n) is 12.6. The second kappa shape index (κ2) is 6.18. The van der Waals surface area contributed by atoms with Crippen LogP contribution in [0, 0.1) is 5.41 Å². The van der Waals surface area contributed by atoms with Crippen LogP contribution in [-0.4, -0.2) is 23.0 Å². The zero-order valence-corrected chi connectivity index (χ0v) is 13.4. The Hall–Kier alpha value is -0.380. The Morgan fingerprint density at radius 2 is 1.89 bits per heavy atom. The standard InChI is InChI=1S/C15H28N2S/c1-11(2)17(10-13-8-7-9-18-13)14(12(3)16)15(4,5)6/h7-9,11-12,14H,10,16H2,1-6H3. The molecule has 104 valence electrons. The SMILES string of the molecule is CC(N)C(N(Cc1cccs1)C(C)C)C(C)(C)C. The molecular formula is C15H28N2S. The fourth-order valence-electron chi connectivity index (χ4n) is 2.77. The Bertz CT molecular complexity index is 336. The van der Waals surface area contributed by atoms with Gasteiger partial charge in [0.2, 0.25) is 0 Å². The monoisotopic (exact) mass is 268 g/mol. The van der Waals surface area contributed by atoms with E-state index in [2.05, 4.69) is 64.0 Å². The molecule has 0 radical (unpaired) electrons. The number of hydrogen-bond acceptors (Lipinski definition) is 3. The number of nitrogens with two attached hydrogens (primary N) is 1. The molecule has 0 aliphatic heterocycles. The first kappa shape index (κ1) is 15.7. The van der Waals surface area contributed by atoms with Crippen LogP contribution >= 0.6 is 11.3 Å². The van der Waals surface area contributed by atoms with E-state index in [-0.39, 0.29) is 11.5 Å². The van der Waals surface area contributed by atoms with E-state index in [0.29, 0.717) is 12.1 Å². The average Bonchev–Trinajstić information content (AvgIpc) is 2.66. The maximum Gasteiger partial charge on any atom is 0.0334 e. The van der Waals surface area contributed by atoms with E-state index in [9.17, 15) is 0 Å². The molecule has 18 heavy (non-hydrogen) atoms. The highest BCUT2D eigenvalue weighted by Gasteiger charge is 2.34. The molecule has 1 aromatic rings. The fraction of sp³-hybridized carbons (Fsp3) is 0.733. The highest BCUT2D eigenvalue weighted by Crippen LogP contribution is 2.30. The Kier molecular flexibility index (Phi) is 5.38. The summed E-state index contributed by atoms with van der Waals surface area (Å²) in [6.45, 7) is 14.5. The van der Waals surface area contributed by atoms with Gasteiger partial charge >= 0.3 is 0 Å². The second-order valence-electron chi connectivity index (χ2n) is 6.52. The van der Waals surface area contributed by atoms with Crippen LogP contribution in [0.15, 0.2) is 17.5 Å². The first-order chi connectivity index (χ1) is 8.23. The molecule has 0 aliphatic rings. The Labute approximate surface area is 116 Å². The molecular weight excluding hydrogens is 240 g/mol. The van der Waals surface area contributed by atoms with Gasteiger partial charge in [0.25, 0.3) is 0 Å². The summed E-state index contributed by atoms with van der Waals surface area (Å²) in [6.07, 6.45) is 0. The molecule has 2 atom stereocenters. The maximum atomic E-state index is 6.25. The largest absolute Gasteiger partial charge is 0.327 e. The summed E-state index contributed by atoms with van der Waals surface area (Å²) in [5.74, 6) is 0. The molecule has 2 nitrogen and oxygen atoms in total. The average molecular weight is 268 g/mol. The number of rotatable bonds is 5. The number of hydrogen-bond donors (Lipinski definition) is 1. The van der Waals surface area contributed by atoms with Gasteiger partial charge in [-0.05, 0) is 37.6 Å². The van der Waals surface area contributed by atoms with Gasteiger partial charge < -0.3 is 5.73 Å². The molecule has 2 unspecified atom stereocenters. The molecule has 0 saturated heterocycles. The van der Waals surface area contributed by atoms with Crippen molar-refractivity contribution in [2.75, 3.05) is 0 Å². The van der Waals surface area contributed by atoms with Gasteiger partial charge in [-0.25, -0.2) is 0 Å². The first-order valence-corrected chi connectivity index (χ1v) is 7.65. The van der Waals surface area contributed by atoms with Gasteiger partial charge in [0.1, 0.15) is 0 Å². The van der Waals surface area contributed by atoms with Crippen molar-refractivity contribution in [3.05, 3.63) is 22.4 Å². The summed E-state index contributed by atoms with van der Waals surface area (Å²) in [5, 5.41) is 2.14. The van der Waals surface area contributed by atoms with Crippen LogP contribution in [0.5, 0.6) is 0 Å². The molecule has 0 fully saturated rings. The quantitative estimate of drug-likeness (QED) is 0.882. The molecule has 1 rings (SSSR count). The van der Waals surface area contributed by atoms with Crippen molar-refractivity contribution in [1.82, 2.24) is 4.90 Å². The van der Waals surface area contributed by atoms with Crippen molar-refractivity contribution in [1.29, 1.82) is 0 Å². The lowest BCUT2D eigenvalue weighted by atomic mass is 9.81. The van der Waals surface area contributed by atoms with Crippen molar-refractivity contribution >= 4 is 11.3 Å².